The number of ether oxygens (including phenoxy) is 2. The molecule has 132 valence electrons. The van der Waals surface area contributed by atoms with Gasteiger partial charge in [-0.05, 0) is 79.0 Å². The molecule has 0 fully saturated rings. The van der Waals surface area contributed by atoms with Crippen molar-refractivity contribution in [2.24, 2.45) is 0 Å². The second kappa shape index (κ2) is 9.00. The van der Waals surface area contributed by atoms with Gasteiger partial charge in [0.1, 0.15) is 11.5 Å². The summed E-state index contributed by atoms with van der Waals surface area (Å²) in [6.45, 7) is 3.89. The third kappa shape index (κ3) is 5.57. The largest absolute Gasteiger partial charge is 0.496 e. The van der Waals surface area contributed by atoms with Gasteiger partial charge in [-0.25, -0.2) is 0 Å². The van der Waals surface area contributed by atoms with E-state index in [4.69, 9.17) is 21.7 Å². The van der Waals surface area contributed by atoms with Gasteiger partial charge in [0.2, 0.25) is 0 Å². The highest BCUT2D eigenvalue weighted by Crippen LogP contribution is 2.25. The minimum Gasteiger partial charge on any atom is -0.496 e. The number of anilines is 1. The molecule has 5 nitrogen and oxygen atoms in total. The Kier molecular flexibility index (Phi) is 7.01. The molecule has 0 saturated carbocycles. The summed E-state index contributed by atoms with van der Waals surface area (Å²) >= 11 is 7.36. The number of halogens is 1. The van der Waals surface area contributed by atoms with Crippen LogP contribution in [0.5, 0.6) is 11.5 Å². The minimum atomic E-state index is -0.291. The number of methoxy groups -OCH3 is 1. The third-order valence-corrected chi connectivity index (χ3v) is 4.19. The summed E-state index contributed by atoms with van der Waals surface area (Å²) in [7, 11) is 1.59. The van der Waals surface area contributed by atoms with Gasteiger partial charge in [0.05, 0.1) is 22.5 Å². The van der Waals surface area contributed by atoms with Crippen molar-refractivity contribution in [2.45, 2.75) is 20.0 Å². The molecule has 0 atom stereocenters. The molecule has 0 spiro atoms. The molecule has 2 aromatic rings. The number of para-hydroxylation sites is 2. The van der Waals surface area contributed by atoms with Crippen LogP contribution in [-0.4, -0.2) is 24.2 Å². The number of carbonyl (C=O) groups excluding carboxylic acids is 1. The highest BCUT2D eigenvalue weighted by molar-refractivity contribution is 14.1. The molecule has 0 aliphatic rings. The smallest absolute Gasteiger partial charge is 0.257 e. The first kappa shape index (κ1) is 19.5. The zero-order valence-electron chi connectivity index (χ0n) is 14.1. The number of benzene rings is 2. The van der Waals surface area contributed by atoms with Crippen LogP contribution in [0.25, 0.3) is 0 Å². The molecule has 0 bridgehead atoms. The van der Waals surface area contributed by atoms with Gasteiger partial charge < -0.3 is 14.8 Å². The lowest BCUT2D eigenvalue weighted by molar-refractivity contribution is 0.0977. The standard InChI is InChI=1S/C18H19IN2O3S/c1-11(2)24-16-7-5-4-6-14(16)20-18(25)21-17(22)12-8-9-15(23-3)13(19)10-12/h4-11H,1-3H3,(H2,20,21,22,25). The molecule has 1 amide bonds. The first-order chi connectivity index (χ1) is 11.9. The Morgan fingerprint density at radius 3 is 2.52 bits per heavy atom. The third-order valence-electron chi connectivity index (χ3n) is 3.14. The van der Waals surface area contributed by atoms with E-state index in [1.54, 1.807) is 25.3 Å². The van der Waals surface area contributed by atoms with Crippen LogP contribution >= 0.6 is 34.8 Å². The number of hydrogen-bond acceptors (Lipinski definition) is 4. The molecule has 0 saturated heterocycles. The molecule has 0 aliphatic carbocycles. The summed E-state index contributed by atoms with van der Waals surface area (Å²) in [6.07, 6.45) is 0.0347. The van der Waals surface area contributed by atoms with Gasteiger partial charge in [0, 0.05) is 5.56 Å². The predicted octanol–water partition coefficient (Wildman–Crippen LogP) is 4.21. The van der Waals surface area contributed by atoms with Crippen LogP contribution in [0.1, 0.15) is 24.2 Å². The normalized spacial score (nSPS) is 10.3. The number of rotatable bonds is 5. The van der Waals surface area contributed by atoms with Gasteiger partial charge in [0.15, 0.2) is 5.11 Å². The number of hydrogen-bond donors (Lipinski definition) is 2. The SMILES string of the molecule is COc1ccc(C(=O)NC(=S)Nc2ccccc2OC(C)C)cc1I. The zero-order chi connectivity index (χ0) is 18.4. The van der Waals surface area contributed by atoms with E-state index in [9.17, 15) is 4.79 Å². The maximum absolute atomic E-state index is 12.3. The first-order valence-corrected chi connectivity index (χ1v) is 9.11. The Hall–Kier alpha value is -1.87. The highest BCUT2D eigenvalue weighted by Gasteiger charge is 2.12. The molecule has 0 unspecified atom stereocenters. The van der Waals surface area contributed by atoms with E-state index in [2.05, 4.69) is 33.2 Å². The molecule has 0 aromatic heterocycles. The quantitative estimate of drug-likeness (QED) is 0.507. The fraction of sp³-hybridized carbons (Fsp3) is 0.222. The average Bonchev–Trinajstić information content (AvgIpc) is 2.56. The molecule has 25 heavy (non-hydrogen) atoms. The van der Waals surface area contributed by atoms with Crippen molar-refractivity contribution < 1.29 is 14.3 Å². The second-order valence-electron chi connectivity index (χ2n) is 5.42. The molecular formula is C18H19IN2O3S. The number of nitrogens with one attached hydrogen (secondary N) is 2. The van der Waals surface area contributed by atoms with Crippen molar-refractivity contribution in [2.75, 3.05) is 12.4 Å². The fourth-order valence-electron chi connectivity index (χ4n) is 2.06. The molecule has 2 rings (SSSR count). The molecule has 7 heteroatoms. The number of amides is 1. The van der Waals surface area contributed by atoms with E-state index < -0.39 is 0 Å². The van der Waals surface area contributed by atoms with Crippen LogP contribution in [0.4, 0.5) is 5.69 Å². The molecule has 2 N–H and O–H groups in total. The Morgan fingerprint density at radius 2 is 1.88 bits per heavy atom. The Labute approximate surface area is 166 Å². The van der Waals surface area contributed by atoms with Crippen molar-refractivity contribution in [3.8, 4) is 11.5 Å². The lowest BCUT2D eigenvalue weighted by Crippen LogP contribution is -2.34. The Bertz CT molecular complexity index is 781. The van der Waals surface area contributed by atoms with E-state index in [0.29, 0.717) is 17.0 Å². The van der Waals surface area contributed by atoms with Crippen molar-refractivity contribution in [1.82, 2.24) is 5.32 Å². The van der Waals surface area contributed by atoms with Gasteiger partial charge in [-0.2, -0.15) is 0 Å². The summed E-state index contributed by atoms with van der Waals surface area (Å²) in [5.41, 5.74) is 1.20. The summed E-state index contributed by atoms with van der Waals surface area (Å²) in [5, 5.41) is 5.88. The molecule has 0 radical (unpaired) electrons. The molecular weight excluding hydrogens is 451 g/mol. The Morgan fingerprint density at radius 1 is 1.16 bits per heavy atom. The maximum Gasteiger partial charge on any atom is 0.257 e. The van der Waals surface area contributed by atoms with E-state index in [1.807, 2.05) is 38.1 Å². The van der Waals surface area contributed by atoms with E-state index in [0.717, 1.165) is 9.32 Å². The van der Waals surface area contributed by atoms with Crippen LogP contribution in [-0.2, 0) is 0 Å². The van der Waals surface area contributed by atoms with Crippen LogP contribution in [0.2, 0.25) is 0 Å². The van der Waals surface area contributed by atoms with E-state index >= 15 is 0 Å². The number of thiocarbonyl (C=S) groups is 1. The van der Waals surface area contributed by atoms with Gasteiger partial charge in [-0.15, -0.1) is 0 Å². The van der Waals surface area contributed by atoms with Gasteiger partial charge in [-0.1, -0.05) is 12.1 Å². The summed E-state index contributed by atoms with van der Waals surface area (Å²) < 4.78 is 11.8. The van der Waals surface area contributed by atoms with Crippen molar-refractivity contribution in [1.29, 1.82) is 0 Å². The molecule has 2 aromatic carbocycles. The highest BCUT2D eigenvalue weighted by atomic mass is 127. The van der Waals surface area contributed by atoms with Crippen LogP contribution in [0, 0.1) is 3.57 Å². The van der Waals surface area contributed by atoms with E-state index in [-0.39, 0.29) is 17.1 Å². The molecule has 0 aliphatic heterocycles. The topological polar surface area (TPSA) is 59.6 Å². The summed E-state index contributed by atoms with van der Waals surface area (Å²) in [5.74, 6) is 1.10. The van der Waals surface area contributed by atoms with Crippen LogP contribution < -0.4 is 20.1 Å². The van der Waals surface area contributed by atoms with Gasteiger partial charge in [-0.3, -0.25) is 10.1 Å². The lowest BCUT2D eigenvalue weighted by Gasteiger charge is -2.16. The van der Waals surface area contributed by atoms with Gasteiger partial charge in [0.25, 0.3) is 5.91 Å². The van der Waals surface area contributed by atoms with Crippen LogP contribution in [0.15, 0.2) is 42.5 Å². The maximum atomic E-state index is 12.3. The Balaban J connectivity index is 2.05. The minimum absolute atomic E-state index is 0.0347. The zero-order valence-corrected chi connectivity index (χ0v) is 17.1. The first-order valence-electron chi connectivity index (χ1n) is 7.62. The monoisotopic (exact) mass is 470 g/mol. The number of carbonyl (C=O) groups is 1. The summed E-state index contributed by atoms with van der Waals surface area (Å²) in [6, 6.07) is 12.6. The van der Waals surface area contributed by atoms with Gasteiger partial charge >= 0.3 is 0 Å². The van der Waals surface area contributed by atoms with Crippen molar-refractivity contribution >= 4 is 51.5 Å². The van der Waals surface area contributed by atoms with Crippen molar-refractivity contribution in [3.63, 3.8) is 0 Å². The van der Waals surface area contributed by atoms with E-state index in [1.165, 1.54) is 0 Å². The fourth-order valence-corrected chi connectivity index (χ4v) is 3.00. The second-order valence-corrected chi connectivity index (χ2v) is 6.99. The molecule has 0 heterocycles. The lowest BCUT2D eigenvalue weighted by atomic mass is 10.2. The van der Waals surface area contributed by atoms with Crippen LogP contribution in [0.3, 0.4) is 0 Å². The average molecular weight is 470 g/mol. The summed E-state index contributed by atoms with van der Waals surface area (Å²) in [4.78, 5) is 12.3. The van der Waals surface area contributed by atoms with Crippen molar-refractivity contribution in [3.05, 3.63) is 51.6 Å². The predicted molar refractivity (Wildman–Crippen MR) is 112 cm³/mol.